The van der Waals surface area contributed by atoms with Crippen LogP contribution in [0.2, 0.25) is 0 Å². The Morgan fingerprint density at radius 2 is 2.16 bits per heavy atom. The highest BCUT2D eigenvalue weighted by atomic mass is 16.5. The van der Waals surface area contributed by atoms with Crippen LogP contribution < -0.4 is 5.73 Å². The Morgan fingerprint density at radius 3 is 2.68 bits per heavy atom. The summed E-state index contributed by atoms with van der Waals surface area (Å²) in [5, 5.41) is 3.88. The number of carbonyl (C=O) groups excluding carboxylic acids is 1. The molecule has 0 aromatic carbocycles. The Balaban J connectivity index is 1.81. The van der Waals surface area contributed by atoms with E-state index in [0.29, 0.717) is 6.42 Å². The molecule has 1 aromatic rings. The number of aryl methyl sites for hydroxylation is 1. The summed E-state index contributed by atoms with van der Waals surface area (Å²) < 4.78 is 5.20. The number of rotatable bonds is 4. The topological polar surface area (TPSA) is 75.6 Å². The molecule has 1 fully saturated rings. The Hall–Kier alpha value is -1.40. The van der Waals surface area contributed by atoms with Crippen molar-refractivity contribution in [2.75, 3.05) is 26.2 Å². The van der Waals surface area contributed by atoms with Gasteiger partial charge >= 0.3 is 0 Å². The summed E-state index contributed by atoms with van der Waals surface area (Å²) in [5.74, 6) is 0.945. The van der Waals surface area contributed by atoms with Crippen LogP contribution in [0.15, 0.2) is 10.6 Å². The van der Waals surface area contributed by atoms with Gasteiger partial charge in [-0.1, -0.05) is 12.1 Å². The summed E-state index contributed by atoms with van der Waals surface area (Å²) >= 11 is 0. The van der Waals surface area contributed by atoms with E-state index < -0.39 is 0 Å². The molecule has 0 aliphatic carbocycles. The van der Waals surface area contributed by atoms with E-state index in [1.165, 1.54) is 0 Å². The van der Waals surface area contributed by atoms with Crippen molar-refractivity contribution in [3.63, 3.8) is 0 Å². The summed E-state index contributed by atoms with van der Waals surface area (Å²) in [6.07, 6.45) is 0.691. The van der Waals surface area contributed by atoms with Crippen LogP contribution in [-0.2, 0) is 11.3 Å². The van der Waals surface area contributed by atoms with Crippen molar-refractivity contribution in [3.8, 4) is 0 Å². The lowest BCUT2D eigenvalue weighted by atomic mass is 10.2. The fourth-order valence-electron chi connectivity index (χ4n) is 2.25. The molecule has 0 spiro atoms. The van der Waals surface area contributed by atoms with E-state index in [9.17, 15) is 4.79 Å². The van der Waals surface area contributed by atoms with Gasteiger partial charge < -0.3 is 15.2 Å². The predicted octanol–water partition coefficient (Wildman–Crippen LogP) is 0.365. The van der Waals surface area contributed by atoms with Crippen molar-refractivity contribution in [2.45, 2.75) is 32.9 Å². The van der Waals surface area contributed by atoms with Crippen molar-refractivity contribution in [3.05, 3.63) is 17.5 Å². The minimum absolute atomic E-state index is 0.0673. The Morgan fingerprint density at radius 1 is 1.47 bits per heavy atom. The highest BCUT2D eigenvalue weighted by Crippen LogP contribution is 2.10. The lowest BCUT2D eigenvalue weighted by Gasteiger charge is -2.35. The molecule has 1 aromatic heterocycles. The molecule has 6 heteroatoms. The van der Waals surface area contributed by atoms with Crippen LogP contribution in [-0.4, -0.2) is 53.1 Å². The molecule has 106 valence electrons. The van der Waals surface area contributed by atoms with Crippen LogP contribution in [0.3, 0.4) is 0 Å². The summed E-state index contributed by atoms with van der Waals surface area (Å²) in [6.45, 7) is 7.77. The van der Waals surface area contributed by atoms with Crippen molar-refractivity contribution in [2.24, 2.45) is 5.73 Å². The molecule has 1 saturated heterocycles. The molecule has 1 amide bonds. The number of piperazine rings is 1. The average molecular weight is 266 g/mol. The number of amides is 1. The molecule has 1 aliphatic rings. The van der Waals surface area contributed by atoms with E-state index in [4.69, 9.17) is 10.3 Å². The summed E-state index contributed by atoms with van der Waals surface area (Å²) in [7, 11) is 0. The SMILES string of the molecule is CC[C@@H](N)C(=O)N1CCN(Cc2cc(C)no2)CC1. The Kier molecular flexibility index (Phi) is 4.55. The van der Waals surface area contributed by atoms with Gasteiger partial charge in [-0.3, -0.25) is 9.69 Å². The van der Waals surface area contributed by atoms with Crippen LogP contribution >= 0.6 is 0 Å². The first-order valence-corrected chi connectivity index (χ1v) is 6.79. The summed E-state index contributed by atoms with van der Waals surface area (Å²) in [5.41, 5.74) is 6.68. The van der Waals surface area contributed by atoms with Gasteiger partial charge in [0.2, 0.25) is 5.91 Å². The minimum atomic E-state index is -0.358. The van der Waals surface area contributed by atoms with Crippen molar-refractivity contribution >= 4 is 5.91 Å². The van der Waals surface area contributed by atoms with Crippen LogP contribution in [0.25, 0.3) is 0 Å². The minimum Gasteiger partial charge on any atom is -0.360 e. The summed E-state index contributed by atoms with van der Waals surface area (Å²) in [6, 6.07) is 1.59. The number of hydrogen-bond donors (Lipinski definition) is 1. The van der Waals surface area contributed by atoms with Crippen LogP contribution in [0.4, 0.5) is 0 Å². The Labute approximate surface area is 113 Å². The van der Waals surface area contributed by atoms with Gasteiger partial charge in [-0.05, 0) is 13.3 Å². The molecule has 0 saturated carbocycles. The van der Waals surface area contributed by atoms with Gasteiger partial charge in [0.05, 0.1) is 18.3 Å². The maximum Gasteiger partial charge on any atom is 0.239 e. The zero-order valence-electron chi connectivity index (χ0n) is 11.6. The monoisotopic (exact) mass is 266 g/mol. The third-order valence-electron chi connectivity index (χ3n) is 3.50. The smallest absolute Gasteiger partial charge is 0.239 e. The molecule has 1 atom stereocenters. The van der Waals surface area contributed by atoms with Crippen LogP contribution in [0.1, 0.15) is 24.8 Å². The molecule has 0 unspecified atom stereocenters. The van der Waals surface area contributed by atoms with Crippen molar-refractivity contribution in [1.82, 2.24) is 15.0 Å². The first kappa shape index (κ1) is 14.0. The van der Waals surface area contributed by atoms with Gasteiger partial charge in [-0.25, -0.2) is 0 Å². The number of carbonyl (C=O) groups is 1. The van der Waals surface area contributed by atoms with Crippen LogP contribution in [0, 0.1) is 6.92 Å². The molecule has 0 radical (unpaired) electrons. The molecule has 19 heavy (non-hydrogen) atoms. The summed E-state index contributed by atoms with van der Waals surface area (Å²) in [4.78, 5) is 16.1. The van der Waals surface area contributed by atoms with Gasteiger partial charge in [-0.15, -0.1) is 0 Å². The molecule has 6 nitrogen and oxygen atoms in total. The molecule has 2 N–H and O–H groups in total. The first-order chi connectivity index (χ1) is 9.10. The van der Waals surface area contributed by atoms with Crippen molar-refractivity contribution < 1.29 is 9.32 Å². The zero-order valence-corrected chi connectivity index (χ0v) is 11.6. The second-order valence-corrected chi connectivity index (χ2v) is 5.05. The molecule has 0 bridgehead atoms. The number of nitrogens with zero attached hydrogens (tertiary/aromatic N) is 3. The quantitative estimate of drug-likeness (QED) is 0.852. The first-order valence-electron chi connectivity index (χ1n) is 6.79. The van der Waals surface area contributed by atoms with Gasteiger partial charge in [-0.2, -0.15) is 0 Å². The number of hydrogen-bond acceptors (Lipinski definition) is 5. The van der Waals surface area contributed by atoms with E-state index in [0.717, 1.165) is 44.2 Å². The largest absolute Gasteiger partial charge is 0.360 e. The third kappa shape index (κ3) is 3.54. The third-order valence-corrected chi connectivity index (χ3v) is 3.50. The highest BCUT2D eigenvalue weighted by molar-refractivity contribution is 5.81. The van der Waals surface area contributed by atoms with E-state index in [-0.39, 0.29) is 11.9 Å². The van der Waals surface area contributed by atoms with E-state index in [1.807, 2.05) is 24.8 Å². The van der Waals surface area contributed by atoms with E-state index >= 15 is 0 Å². The van der Waals surface area contributed by atoms with Gasteiger partial charge in [0, 0.05) is 32.2 Å². The maximum absolute atomic E-state index is 12.0. The second kappa shape index (κ2) is 6.16. The second-order valence-electron chi connectivity index (χ2n) is 5.05. The van der Waals surface area contributed by atoms with Gasteiger partial charge in [0.25, 0.3) is 0 Å². The Bertz CT molecular complexity index is 424. The maximum atomic E-state index is 12.0. The predicted molar refractivity (Wildman–Crippen MR) is 71.4 cm³/mol. The number of nitrogens with two attached hydrogens (primary N) is 1. The molecule has 2 rings (SSSR count). The van der Waals surface area contributed by atoms with E-state index in [2.05, 4.69) is 10.1 Å². The lowest BCUT2D eigenvalue weighted by Crippen LogP contribution is -2.52. The molecular weight excluding hydrogens is 244 g/mol. The normalized spacial score (nSPS) is 18.6. The van der Waals surface area contributed by atoms with Gasteiger partial charge in [0.15, 0.2) is 5.76 Å². The standard InChI is InChI=1S/C13H22N4O2/c1-3-12(14)13(18)17-6-4-16(5-7-17)9-11-8-10(2)15-19-11/h8,12H,3-7,9,14H2,1-2H3/t12-/m1/s1. The van der Waals surface area contributed by atoms with Crippen LogP contribution in [0.5, 0.6) is 0 Å². The lowest BCUT2D eigenvalue weighted by molar-refractivity contribution is -0.134. The fourth-order valence-corrected chi connectivity index (χ4v) is 2.25. The number of aromatic nitrogens is 1. The zero-order chi connectivity index (χ0) is 13.8. The molecular formula is C13H22N4O2. The van der Waals surface area contributed by atoms with Gasteiger partial charge in [0.1, 0.15) is 0 Å². The molecule has 1 aliphatic heterocycles. The van der Waals surface area contributed by atoms with E-state index in [1.54, 1.807) is 0 Å². The van der Waals surface area contributed by atoms with Crippen molar-refractivity contribution in [1.29, 1.82) is 0 Å². The average Bonchev–Trinajstić information content (AvgIpc) is 2.83. The fraction of sp³-hybridized carbons (Fsp3) is 0.692. The molecule has 2 heterocycles. The highest BCUT2D eigenvalue weighted by Gasteiger charge is 2.24.